The molecule has 0 bridgehead atoms. The Morgan fingerprint density at radius 3 is 2.56 bits per heavy atom. The zero-order valence-electron chi connectivity index (χ0n) is 9.08. The number of nitrogens with zero attached hydrogens (tertiary/aromatic N) is 2. The third-order valence-electron chi connectivity index (χ3n) is 2.22. The summed E-state index contributed by atoms with van der Waals surface area (Å²) >= 11 is 0. The van der Waals surface area contributed by atoms with Gasteiger partial charge in [-0.3, -0.25) is 4.90 Å². The Bertz CT molecular complexity index is 337. The van der Waals surface area contributed by atoms with E-state index < -0.39 is 18.8 Å². The predicted octanol–water partition coefficient (Wildman–Crippen LogP) is 1.30. The average molecular weight is 237 g/mol. The van der Waals surface area contributed by atoms with E-state index in [1.807, 2.05) is 0 Å². The standard InChI is InChI=1S/C9H14F3N3O/c1-6-3-7(14-16-6)5-15(2)8(4-13)9(10,11)12/h3,8H,4-5,13H2,1-2H3. The molecule has 1 atom stereocenters. The molecule has 92 valence electrons. The predicted molar refractivity (Wildman–Crippen MR) is 51.6 cm³/mol. The van der Waals surface area contributed by atoms with E-state index in [9.17, 15) is 13.2 Å². The van der Waals surface area contributed by atoms with Crippen LogP contribution in [0.5, 0.6) is 0 Å². The lowest BCUT2D eigenvalue weighted by Gasteiger charge is -2.27. The summed E-state index contributed by atoms with van der Waals surface area (Å²) < 4.78 is 42.3. The zero-order valence-corrected chi connectivity index (χ0v) is 9.08. The number of alkyl halides is 3. The minimum atomic E-state index is -4.33. The molecule has 0 radical (unpaired) electrons. The van der Waals surface area contributed by atoms with Crippen LogP contribution in [-0.2, 0) is 6.54 Å². The summed E-state index contributed by atoms with van der Waals surface area (Å²) in [5.41, 5.74) is 5.57. The molecule has 0 saturated heterocycles. The largest absolute Gasteiger partial charge is 0.405 e. The van der Waals surface area contributed by atoms with Crippen molar-refractivity contribution in [3.8, 4) is 0 Å². The van der Waals surface area contributed by atoms with E-state index in [1.165, 1.54) is 7.05 Å². The summed E-state index contributed by atoms with van der Waals surface area (Å²) in [5, 5.41) is 3.63. The van der Waals surface area contributed by atoms with E-state index in [1.54, 1.807) is 13.0 Å². The van der Waals surface area contributed by atoms with Crippen LogP contribution in [-0.4, -0.2) is 35.9 Å². The summed E-state index contributed by atoms with van der Waals surface area (Å²) in [6.45, 7) is 1.26. The Hall–Kier alpha value is -1.08. The van der Waals surface area contributed by atoms with Crippen LogP contribution in [0.3, 0.4) is 0 Å². The Labute approximate surface area is 91.2 Å². The van der Waals surface area contributed by atoms with Gasteiger partial charge >= 0.3 is 6.18 Å². The molecule has 2 N–H and O–H groups in total. The van der Waals surface area contributed by atoms with Gasteiger partial charge < -0.3 is 10.3 Å². The van der Waals surface area contributed by atoms with Crippen molar-refractivity contribution >= 4 is 0 Å². The van der Waals surface area contributed by atoms with E-state index in [2.05, 4.69) is 5.16 Å². The van der Waals surface area contributed by atoms with Gasteiger partial charge in [0.05, 0.1) is 5.69 Å². The molecule has 0 aliphatic heterocycles. The maximum absolute atomic E-state index is 12.5. The van der Waals surface area contributed by atoms with Gasteiger partial charge in [-0.1, -0.05) is 5.16 Å². The minimum Gasteiger partial charge on any atom is -0.361 e. The van der Waals surface area contributed by atoms with Crippen LogP contribution in [0.1, 0.15) is 11.5 Å². The zero-order chi connectivity index (χ0) is 12.3. The molecule has 7 heteroatoms. The van der Waals surface area contributed by atoms with Crippen molar-refractivity contribution < 1.29 is 17.7 Å². The number of halogens is 3. The lowest BCUT2D eigenvalue weighted by Crippen LogP contribution is -2.48. The topological polar surface area (TPSA) is 55.3 Å². The van der Waals surface area contributed by atoms with Crippen LogP contribution in [0.4, 0.5) is 13.2 Å². The lowest BCUT2D eigenvalue weighted by atomic mass is 10.2. The molecule has 0 amide bonds. The number of aromatic nitrogens is 1. The molecule has 0 saturated carbocycles. The second-order valence-corrected chi connectivity index (χ2v) is 3.64. The molecule has 0 spiro atoms. The van der Waals surface area contributed by atoms with E-state index in [0.29, 0.717) is 11.5 Å². The van der Waals surface area contributed by atoms with Crippen LogP contribution in [0.25, 0.3) is 0 Å². The summed E-state index contributed by atoms with van der Waals surface area (Å²) in [7, 11) is 1.36. The number of hydrogen-bond donors (Lipinski definition) is 1. The van der Waals surface area contributed by atoms with Crippen molar-refractivity contribution in [1.82, 2.24) is 10.1 Å². The number of aryl methyl sites for hydroxylation is 1. The monoisotopic (exact) mass is 237 g/mol. The van der Waals surface area contributed by atoms with Crippen molar-refractivity contribution in [3.05, 3.63) is 17.5 Å². The fourth-order valence-electron chi connectivity index (χ4n) is 1.42. The van der Waals surface area contributed by atoms with Crippen LogP contribution in [0.15, 0.2) is 10.6 Å². The van der Waals surface area contributed by atoms with Gasteiger partial charge in [-0.25, -0.2) is 0 Å². The minimum absolute atomic E-state index is 0.0543. The van der Waals surface area contributed by atoms with E-state index in [-0.39, 0.29) is 6.54 Å². The smallest absolute Gasteiger partial charge is 0.361 e. The first kappa shape index (κ1) is 13.0. The highest BCUT2D eigenvalue weighted by Gasteiger charge is 2.41. The summed E-state index contributed by atoms with van der Waals surface area (Å²) in [4.78, 5) is 1.11. The maximum Gasteiger partial charge on any atom is 0.405 e. The number of hydrogen-bond acceptors (Lipinski definition) is 4. The molecule has 0 aliphatic carbocycles. The van der Waals surface area contributed by atoms with Crippen molar-refractivity contribution in [2.75, 3.05) is 13.6 Å². The third kappa shape index (κ3) is 3.21. The van der Waals surface area contributed by atoms with Crippen molar-refractivity contribution in [2.45, 2.75) is 25.7 Å². The highest BCUT2D eigenvalue weighted by molar-refractivity contribution is 5.03. The second-order valence-electron chi connectivity index (χ2n) is 3.64. The maximum atomic E-state index is 12.5. The van der Waals surface area contributed by atoms with Crippen LogP contribution < -0.4 is 5.73 Å². The quantitative estimate of drug-likeness (QED) is 0.857. The molecule has 1 aromatic heterocycles. The molecule has 1 unspecified atom stereocenters. The van der Waals surface area contributed by atoms with Gasteiger partial charge in [0.15, 0.2) is 0 Å². The van der Waals surface area contributed by atoms with Crippen molar-refractivity contribution in [1.29, 1.82) is 0 Å². The SMILES string of the molecule is Cc1cc(CN(C)C(CN)C(F)(F)F)no1. The fraction of sp³-hybridized carbons (Fsp3) is 0.667. The first-order valence-electron chi connectivity index (χ1n) is 4.73. The Balaban J connectivity index is 2.66. The summed E-state index contributed by atoms with van der Waals surface area (Å²) in [5.74, 6) is 0.569. The number of rotatable bonds is 4. The Kier molecular flexibility index (Phi) is 3.93. The van der Waals surface area contributed by atoms with Crippen molar-refractivity contribution in [2.24, 2.45) is 5.73 Å². The van der Waals surface area contributed by atoms with Gasteiger partial charge in [0.2, 0.25) is 0 Å². The first-order chi connectivity index (χ1) is 7.34. The Morgan fingerprint density at radius 2 is 2.19 bits per heavy atom. The number of nitrogens with two attached hydrogens (primary N) is 1. The fourth-order valence-corrected chi connectivity index (χ4v) is 1.42. The van der Waals surface area contributed by atoms with Gasteiger partial charge in [0.1, 0.15) is 11.8 Å². The van der Waals surface area contributed by atoms with Crippen molar-refractivity contribution in [3.63, 3.8) is 0 Å². The lowest BCUT2D eigenvalue weighted by molar-refractivity contribution is -0.178. The Morgan fingerprint density at radius 1 is 1.56 bits per heavy atom. The second kappa shape index (κ2) is 4.84. The van der Waals surface area contributed by atoms with Gasteiger partial charge in [-0.2, -0.15) is 13.2 Å². The van der Waals surface area contributed by atoms with E-state index >= 15 is 0 Å². The molecule has 1 rings (SSSR count). The summed E-state index contributed by atoms with van der Waals surface area (Å²) in [6, 6.07) is -0.0648. The molecule has 0 fully saturated rings. The highest BCUT2D eigenvalue weighted by Crippen LogP contribution is 2.24. The molecule has 0 aromatic carbocycles. The highest BCUT2D eigenvalue weighted by atomic mass is 19.4. The average Bonchev–Trinajstić information content (AvgIpc) is 2.49. The van der Waals surface area contributed by atoms with Gasteiger partial charge in [-0.05, 0) is 14.0 Å². The molecule has 16 heavy (non-hydrogen) atoms. The summed E-state index contributed by atoms with van der Waals surface area (Å²) in [6.07, 6.45) is -4.33. The molecule has 1 heterocycles. The first-order valence-corrected chi connectivity index (χ1v) is 4.73. The van der Waals surface area contributed by atoms with Gasteiger partial charge in [0.25, 0.3) is 0 Å². The van der Waals surface area contributed by atoms with Gasteiger partial charge in [0, 0.05) is 19.2 Å². The van der Waals surface area contributed by atoms with E-state index in [4.69, 9.17) is 10.3 Å². The molecular weight excluding hydrogens is 223 g/mol. The third-order valence-corrected chi connectivity index (χ3v) is 2.22. The molecule has 0 aliphatic rings. The van der Waals surface area contributed by atoms with Crippen LogP contribution in [0.2, 0.25) is 0 Å². The molecular formula is C9H14F3N3O. The van der Waals surface area contributed by atoms with Crippen LogP contribution >= 0.6 is 0 Å². The molecule has 4 nitrogen and oxygen atoms in total. The van der Waals surface area contributed by atoms with Gasteiger partial charge in [-0.15, -0.1) is 0 Å². The normalized spacial score (nSPS) is 14.4. The number of likely N-dealkylation sites (N-methyl/N-ethyl adjacent to an activating group) is 1. The van der Waals surface area contributed by atoms with Crippen LogP contribution in [0, 0.1) is 6.92 Å². The molecule has 1 aromatic rings. The van der Waals surface area contributed by atoms with E-state index in [0.717, 1.165) is 4.90 Å².